The smallest absolute Gasteiger partial charge is 0.744 e. The average Bonchev–Trinajstić information content (AvgIpc) is 2.86. The van der Waals surface area contributed by atoms with Crippen LogP contribution < -0.4 is 34.5 Å². The molecule has 0 amide bonds. The van der Waals surface area contributed by atoms with Gasteiger partial charge < -0.3 is 9.45 Å². The Balaban J connectivity index is 0.00000507. The molecule has 0 heterocycles. The van der Waals surface area contributed by atoms with Crippen molar-refractivity contribution in [3.05, 3.63) is 83.5 Å². The molecule has 198 valence electrons. The molecule has 3 rings (SSSR count). The van der Waals surface area contributed by atoms with Gasteiger partial charge in [0.2, 0.25) is 0 Å². The number of anilines is 1. The minimum atomic E-state index is -5.10. The van der Waals surface area contributed by atoms with E-state index in [1.165, 1.54) is 6.07 Å². The van der Waals surface area contributed by atoms with Gasteiger partial charge in [-0.15, -0.1) is 0 Å². The Morgan fingerprint density at radius 1 is 0.868 bits per heavy atom. The molecule has 0 bridgehead atoms. The zero-order valence-electron chi connectivity index (χ0n) is 22.4. The number of rotatable bonds is 9. The summed E-state index contributed by atoms with van der Waals surface area (Å²) in [5.41, 5.74) is 3.78. The molecule has 8 nitrogen and oxygen atoms in total. The molecule has 0 unspecified atom stereocenters. The van der Waals surface area contributed by atoms with E-state index in [1.54, 1.807) is 0 Å². The quantitative estimate of drug-likeness (QED) is 0.274. The van der Waals surface area contributed by atoms with Crippen LogP contribution in [0.3, 0.4) is 0 Å². The maximum Gasteiger partial charge on any atom is 1.00 e. The van der Waals surface area contributed by atoms with Gasteiger partial charge in [-0.25, -0.2) is 13.0 Å². The third-order valence-electron chi connectivity index (χ3n) is 6.36. The van der Waals surface area contributed by atoms with Gasteiger partial charge in [0.15, 0.2) is 5.71 Å². The summed E-state index contributed by atoms with van der Waals surface area (Å²) in [6.45, 7) is 11.5. The standard InChI is InChI=1S/C27H32N2O6S2.Na/c1-5-28(6-2)22-13-9-20(10-14-22)27(21-11-15-23(16-12-21)29(7-3)8-4)25-18-17-24(36(30,31)32)19-26(25)37(33,34)35;/h9-19H,5-8H2,1-4H3,(H-,30,31,32,33,34,35);/q;+1. The molecule has 0 aromatic heterocycles. The van der Waals surface area contributed by atoms with Crippen LogP contribution in [-0.4, -0.2) is 62.4 Å². The van der Waals surface area contributed by atoms with Crippen molar-refractivity contribution in [3.8, 4) is 0 Å². The monoisotopic (exact) mass is 567 g/mol. The SMILES string of the molecule is CCN(CC)c1ccc(C(=C2C=CC(=[N+](CC)CC)C=C2)c2ccc(S(=O)(=O)O)cc2S(=O)(=O)[O-])cc1.[Na+]. The molecular formula is C27H32N2NaO6S2+. The minimum Gasteiger partial charge on any atom is -0.744 e. The Morgan fingerprint density at radius 3 is 1.87 bits per heavy atom. The topological polar surface area (TPSA) is 118 Å². The van der Waals surface area contributed by atoms with Crippen molar-refractivity contribution >= 4 is 37.2 Å². The Morgan fingerprint density at radius 2 is 1.42 bits per heavy atom. The Kier molecular flexibility index (Phi) is 11.3. The molecule has 0 fully saturated rings. The summed E-state index contributed by atoms with van der Waals surface area (Å²) in [7, 11) is -9.82. The average molecular weight is 568 g/mol. The maximum atomic E-state index is 12.3. The van der Waals surface area contributed by atoms with Crippen LogP contribution in [0.5, 0.6) is 0 Å². The van der Waals surface area contributed by atoms with Crippen LogP contribution in [0.15, 0.2) is 82.1 Å². The summed E-state index contributed by atoms with van der Waals surface area (Å²) in [6, 6.07) is 10.6. The van der Waals surface area contributed by atoms with Crippen molar-refractivity contribution in [3.63, 3.8) is 0 Å². The summed E-state index contributed by atoms with van der Waals surface area (Å²) in [5.74, 6) is 0. The second-order valence-electron chi connectivity index (χ2n) is 8.40. The van der Waals surface area contributed by atoms with Gasteiger partial charge in [0.05, 0.1) is 9.79 Å². The van der Waals surface area contributed by atoms with Gasteiger partial charge in [-0.2, -0.15) is 8.42 Å². The summed E-state index contributed by atoms with van der Waals surface area (Å²) in [6.07, 6.45) is 7.54. The van der Waals surface area contributed by atoms with Gasteiger partial charge in [0, 0.05) is 36.5 Å². The third-order valence-corrected chi connectivity index (χ3v) is 8.08. The van der Waals surface area contributed by atoms with E-state index in [-0.39, 0.29) is 35.1 Å². The van der Waals surface area contributed by atoms with Gasteiger partial charge in [0.1, 0.15) is 23.2 Å². The van der Waals surface area contributed by atoms with Crippen LogP contribution in [-0.2, 0) is 20.2 Å². The van der Waals surface area contributed by atoms with Crippen molar-refractivity contribution in [2.24, 2.45) is 0 Å². The van der Waals surface area contributed by atoms with Gasteiger partial charge in [-0.3, -0.25) is 4.55 Å². The molecule has 2 aromatic carbocycles. The second kappa shape index (κ2) is 13.3. The molecule has 11 heteroatoms. The van der Waals surface area contributed by atoms with E-state index in [0.717, 1.165) is 43.6 Å². The Labute approximate surface area is 247 Å². The molecule has 0 atom stereocenters. The summed E-state index contributed by atoms with van der Waals surface area (Å²) in [4.78, 5) is 0.772. The van der Waals surface area contributed by atoms with Crippen LogP contribution >= 0.6 is 0 Å². The van der Waals surface area contributed by atoms with E-state index >= 15 is 0 Å². The summed E-state index contributed by atoms with van der Waals surface area (Å²) < 4.78 is 71.9. The van der Waals surface area contributed by atoms with E-state index in [1.807, 2.05) is 48.6 Å². The number of hydrogen-bond donors (Lipinski definition) is 1. The van der Waals surface area contributed by atoms with Crippen LogP contribution in [0, 0.1) is 0 Å². The van der Waals surface area contributed by atoms with E-state index in [9.17, 15) is 25.9 Å². The van der Waals surface area contributed by atoms with Crippen LogP contribution in [0.4, 0.5) is 5.69 Å². The van der Waals surface area contributed by atoms with Gasteiger partial charge in [-0.1, -0.05) is 18.2 Å². The number of nitrogens with zero attached hydrogens (tertiary/aromatic N) is 2. The minimum absolute atomic E-state index is 0. The first-order chi connectivity index (χ1) is 17.4. The van der Waals surface area contributed by atoms with Gasteiger partial charge in [-0.05, 0) is 80.8 Å². The molecule has 1 N–H and O–H groups in total. The Hall–Kier alpha value is -2.05. The van der Waals surface area contributed by atoms with Crippen molar-refractivity contribution in [1.82, 2.24) is 0 Å². The number of allylic oxidation sites excluding steroid dienone is 5. The summed E-state index contributed by atoms with van der Waals surface area (Å²) >= 11 is 0. The maximum absolute atomic E-state index is 12.3. The molecule has 2 aromatic rings. The largest absolute Gasteiger partial charge is 1.00 e. The summed E-state index contributed by atoms with van der Waals surface area (Å²) in [5, 5.41) is 0. The van der Waals surface area contributed by atoms with Crippen molar-refractivity contribution in [2.45, 2.75) is 37.5 Å². The fraction of sp³-hybridized carbons (Fsp3) is 0.296. The molecule has 0 spiro atoms. The van der Waals surface area contributed by atoms with E-state index in [2.05, 4.69) is 37.2 Å². The van der Waals surface area contributed by atoms with E-state index < -0.39 is 30.0 Å². The molecule has 0 saturated carbocycles. The molecular weight excluding hydrogens is 535 g/mol. The zero-order valence-corrected chi connectivity index (χ0v) is 26.0. The first-order valence-electron chi connectivity index (χ1n) is 12.1. The first-order valence-corrected chi connectivity index (χ1v) is 14.9. The third kappa shape index (κ3) is 7.32. The van der Waals surface area contributed by atoms with Crippen LogP contribution in [0.1, 0.15) is 38.8 Å². The van der Waals surface area contributed by atoms with Crippen molar-refractivity contribution in [2.75, 3.05) is 31.1 Å². The first kappa shape index (κ1) is 32.2. The molecule has 0 saturated heterocycles. The predicted molar refractivity (Wildman–Crippen MR) is 145 cm³/mol. The normalized spacial score (nSPS) is 13.3. The predicted octanol–water partition coefficient (Wildman–Crippen LogP) is 1.11. The van der Waals surface area contributed by atoms with Crippen LogP contribution in [0.25, 0.3) is 5.57 Å². The molecule has 1 aliphatic carbocycles. The number of benzene rings is 2. The number of hydrogen-bond acceptors (Lipinski definition) is 6. The van der Waals surface area contributed by atoms with Gasteiger partial charge in [0.25, 0.3) is 10.1 Å². The fourth-order valence-corrected chi connectivity index (χ4v) is 5.70. The van der Waals surface area contributed by atoms with E-state index in [0.29, 0.717) is 22.8 Å². The van der Waals surface area contributed by atoms with Crippen molar-refractivity contribution in [1.29, 1.82) is 0 Å². The van der Waals surface area contributed by atoms with Crippen LogP contribution in [0.2, 0.25) is 0 Å². The van der Waals surface area contributed by atoms with Crippen molar-refractivity contribution < 1.29 is 60.1 Å². The fourth-order valence-electron chi connectivity index (χ4n) is 4.41. The second-order valence-corrected chi connectivity index (χ2v) is 11.2. The molecule has 0 radical (unpaired) electrons. The zero-order chi connectivity index (χ0) is 27.4. The van der Waals surface area contributed by atoms with E-state index in [4.69, 9.17) is 0 Å². The Bertz CT molecular complexity index is 1480. The molecule has 38 heavy (non-hydrogen) atoms. The molecule has 0 aliphatic heterocycles. The molecule has 1 aliphatic rings. The van der Waals surface area contributed by atoms with Gasteiger partial charge >= 0.3 is 29.6 Å².